The molecule has 136 valence electrons. The number of fused-ring (bicyclic) bond motifs is 3. The summed E-state index contributed by atoms with van der Waals surface area (Å²) < 4.78 is 2.00. The van der Waals surface area contributed by atoms with Crippen molar-refractivity contribution in [3.63, 3.8) is 0 Å². The SMILES string of the molecule is CN(C(=O)c1nn(-c2ccccc2)c2c1CCC2)C1CC2CCC(C1)N2. The summed E-state index contributed by atoms with van der Waals surface area (Å²) in [5.41, 5.74) is 4.11. The van der Waals surface area contributed by atoms with Gasteiger partial charge in [0.2, 0.25) is 0 Å². The van der Waals surface area contributed by atoms with Crippen LogP contribution in [0.25, 0.3) is 5.69 Å². The molecule has 2 atom stereocenters. The van der Waals surface area contributed by atoms with Crippen LogP contribution in [0, 0.1) is 0 Å². The number of nitrogens with one attached hydrogen (secondary N) is 1. The highest BCUT2D eigenvalue weighted by Crippen LogP contribution is 2.32. The molecule has 0 spiro atoms. The minimum Gasteiger partial charge on any atom is -0.337 e. The predicted octanol–water partition coefficient (Wildman–Crippen LogP) is 2.72. The van der Waals surface area contributed by atoms with Crippen LogP contribution in [0.15, 0.2) is 30.3 Å². The van der Waals surface area contributed by atoms with Crippen LogP contribution in [0.1, 0.15) is 53.8 Å². The van der Waals surface area contributed by atoms with Crippen molar-refractivity contribution in [2.75, 3.05) is 7.05 Å². The zero-order valence-electron chi connectivity index (χ0n) is 15.3. The number of hydrogen-bond acceptors (Lipinski definition) is 3. The van der Waals surface area contributed by atoms with Crippen molar-refractivity contribution in [1.29, 1.82) is 0 Å². The number of aromatic nitrogens is 2. The third kappa shape index (κ3) is 2.57. The second kappa shape index (κ2) is 6.23. The smallest absolute Gasteiger partial charge is 0.274 e. The molecular weight excluding hydrogens is 324 g/mol. The first-order chi connectivity index (χ1) is 12.7. The van der Waals surface area contributed by atoms with E-state index in [1.807, 2.05) is 34.8 Å². The van der Waals surface area contributed by atoms with Crippen LogP contribution in [0.3, 0.4) is 0 Å². The van der Waals surface area contributed by atoms with E-state index in [-0.39, 0.29) is 5.91 Å². The fourth-order valence-electron chi connectivity index (χ4n) is 5.07. The summed E-state index contributed by atoms with van der Waals surface area (Å²) in [5.74, 6) is 0.101. The van der Waals surface area contributed by atoms with Gasteiger partial charge in [-0.25, -0.2) is 4.68 Å². The zero-order valence-corrected chi connectivity index (χ0v) is 15.3. The van der Waals surface area contributed by atoms with Crippen molar-refractivity contribution in [2.45, 2.75) is 63.1 Å². The lowest BCUT2D eigenvalue weighted by Gasteiger charge is -2.35. The molecule has 3 aliphatic rings. The van der Waals surface area contributed by atoms with Gasteiger partial charge in [0.05, 0.1) is 5.69 Å². The summed E-state index contributed by atoms with van der Waals surface area (Å²) in [6.07, 6.45) is 7.73. The van der Waals surface area contributed by atoms with Crippen LogP contribution in [0.4, 0.5) is 0 Å². The highest BCUT2D eigenvalue weighted by molar-refractivity contribution is 5.94. The maximum atomic E-state index is 13.3. The maximum Gasteiger partial charge on any atom is 0.274 e. The standard InChI is InChI=1S/C21H26N4O/c1-24(17-12-14-10-11-15(13-17)22-14)21(26)20-18-8-5-9-19(18)25(23-20)16-6-3-2-4-7-16/h2-4,6-7,14-15,17,22H,5,8-13H2,1H3. The van der Waals surface area contributed by atoms with Gasteiger partial charge in [0.25, 0.3) is 5.91 Å². The number of benzene rings is 1. The number of carbonyl (C=O) groups excluding carboxylic acids is 1. The molecule has 5 nitrogen and oxygen atoms in total. The van der Waals surface area contributed by atoms with Gasteiger partial charge in [-0.2, -0.15) is 5.10 Å². The second-order valence-corrected chi connectivity index (χ2v) is 8.05. The fraction of sp³-hybridized carbons (Fsp3) is 0.524. The lowest BCUT2D eigenvalue weighted by Crippen LogP contribution is -2.48. The molecule has 5 rings (SSSR count). The van der Waals surface area contributed by atoms with E-state index in [9.17, 15) is 4.79 Å². The number of amides is 1. The molecule has 1 aromatic carbocycles. The summed E-state index contributed by atoms with van der Waals surface area (Å²) >= 11 is 0. The zero-order chi connectivity index (χ0) is 17.7. The third-order valence-electron chi connectivity index (χ3n) is 6.45. The Kier molecular flexibility index (Phi) is 3.85. The Morgan fingerprint density at radius 3 is 2.62 bits per heavy atom. The maximum absolute atomic E-state index is 13.3. The number of nitrogens with zero attached hydrogens (tertiary/aromatic N) is 3. The topological polar surface area (TPSA) is 50.2 Å². The number of carbonyl (C=O) groups is 1. The Bertz CT molecular complexity index is 816. The van der Waals surface area contributed by atoms with Crippen LogP contribution < -0.4 is 5.32 Å². The monoisotopic (exact) mass is 350 g/mol. The Morgan fingerprint density at radius 1 is 1.15 bits per heavy atom. The highest BCUT2D eigenvalue weighted by Gasteiger charge is 2.38. The molecule has 1 aromatic heterocycles. The van der Waals surface area contributed by atoms with Gasteiger partial charge in [0, 0.05) is 36.4 Å². The van der Waals surface area contributed by atoms with Gasteiger partial charge in [-0.1, -0.05) is 18.2 Å². The van der Waals surface area contributed by atoms with Crippen molar-refractivity contribution in [2.24, 2.45) is 0 Å². The lowest BCUT2D eigenvalue weighted by atomic mass is 9.98. The van der Waals surface area contributed by atoms with E-state index < -0.39 is 0 Å². The fourth-order valence-corrected chi connectivity index (χ4v) is 5.07. The molecule has 2 fully saturated rings. The summed E-state index contributed by atoms with van der Waals surface area (Å²) in [6.45, 7) is 0. The Morgan fingerprint density at radius 2 is 1.88 bits per heavy atom. The Hall–Kier alpha value is -2.14. The van der Waals surface area contributed by atoms with Gasteiger partial charge in [-0.05, 0) is 57.1 Å². The number of piperidine rings is 1. The van der Waals surface area contributed by atoms with Crippen LogP contribution >= 0.6 is 0 Å². The molecule has 2 bridgehead atoms. The Labute approximate surface area is 154 Å². The van der Waals surface area contributed by atoms with Crippen LogP contribution in [-0.2, 0) is 12.8 Å². The van der Waals surface area contributed by atoms with Crippen molar-refractivity contribution in [3.8, 4) is 5.69 Å². The van der Waals surface area contributed by atoms with Crippen molar-refractivity contribution < 1.29 is 4.79 Å². The number of para-hydroxylation sites is 1. The number of hydrogen-bond donors (Lipinski definition) is 1. The summed E-state index contributed by atoms with van der Waals surface area (Å²) in [6, 6.07) is 11.7. The molecule has 1 N–H and O–H groups in total. The molecule has 5 heteroatoms. The van der Waals surface area contributed by atoms with Gasteiger partial charge >= 0.3 is 0 Å². The molecule has 26 heavy (non-hydrogen) atoms. The van der Waals surface area contributed by atoms with E-state index >= 15 is 0 Å². The first-order valence-electron chi connectivity index (χ1n) is 9.90. The molecule has 2 aromatic rings. The summed E-state index contributed by atoms with van der Waals surface area (Å²) in [4.78, 5) is 15.3. The average molecular weight is 350 g/mol. The van der Waals surface area contributed by atoms with E-state index in [1.165, 1.54) is 24.1 Å². The van der Waals surface area contributed by atoms with E-state index in [1.54, 1.807) is 0 Å². The van der Waals surface area contributed by atoms with Crippen LogP contribution in [-0.4, -0.2) is 45.8 Å². The number of rotatable bonds is 3. The van der Waals surface area contributed by atoms with Crippen molar-refractivity contribution >= 4 is 5.91 Å². The first kappa shape index (κ1) is 16.1. The first-order valence-corrected chi connectivity index (χ1v) is 9.90. The van der Waals surface area contributed by atoms with E-state index in [0.29, 0.717) is 23.8 Å². The second-order valence-electron chi connectivity index (χ2n) is 8.05. The minimum atomic E-state index is 0.101. The molecule has 0 saturated carbocycles. The molecule has 3 heterocycles. The highest BCUT2D eigenvalue weighted by atomic mass is 16.2. The molecule has 0 radical (unpaired) electrons. The van der Waals surface area contributed by atoms with Crippen LogP contribution in [0.5, 0.6) is 0 Å². The normalized spacial score (nSPS) is 26.7. The molecule has 2 unspecified atom stereocenters. The molecule has 1 amide bonds. The molecular formula is C21H26N4O. The van der Waals surface area contributed by atoms with Gasteiger partial charge < -0.3 is 10.2 Å². The van der Waals surface area contributed by atoms with Gasteiger partial charge in [-0.15, -0.1) is 0 Å². The molecule has 2 aliphatic heterocycles. The van der Waals surface area contributed by atoms with Crippen molar-refractivity contribution in [3.05, 3.63) is 47.3 Å². The molecule has 2 saturated heterocycles. The lowest BCUT2D eigenvalue weighted by molar-refractivity contribution is 0.0674. The van der Waals surface area contributed by atoms with Gasteiger partial charge in [0.1, 0.15) is 0 Å². The molecule has 1 aliphatic carbocycles. The predicted molar refractivity (Wildman–Crippen MR) is 101 cm³/mol. The van der Waals surface area contributed by atoms with E-state index in [4.69, 9.17) is 5.10 Å². The van der Waals surface area contributed by atoms with Crippen LogP contribution in [0.2, 0.25) is 0 Å². The van der Waals surface area contributed by atoms with E-state index in [0.717, 1.165) is 37.8 Å². The van der Waals surface area contributed by atoms with Gasteiger partial charge in [-0.3, -0.25) is 4.79 Å². The average Bonchev–Trinajstić information content (AvgIpc) is 3.36. The van der Waals surface area contributed by atoms with Gasteiger partial charge in [0.15, 0.2) is 5.69 Å². The Balaban J connectivity index is 1.45. The third-order valence-corrected chi connectivity index (χ3v) is 6.45. The van der Waals surface area contributed by atoms with E-state index in [2.05, 4.69) is 17.4 Å². The minimum absolute atomic E-state index is 0.101. The summed E-state index contributed by atoms with van der Waals surface area (Å²) in [7, 11) is 1.97. The van der Waals surface area contributed by atoms with Crippen molar-refractivity contribution in [1.82, 2.24) is 20.0 Å². The quantitative estimate of drug-likeness (QED) is 0.926. The largest absolute Gasteiger partial charge is 0.337 e. The summed E-state index contributed by atoms with van der Waals surface area (Å²) in [5, 5.41) is 8.44.